The van der Waals surface area contributed by atoms with Crippen molar-refractivity contribution in [3.63, 3.8) is 0 Å². The van der Waals surface area contributed by atoms with E-state index in [1.54, 1.807) is 0 Å². The number of benzene rings is 1. The van der Waals surface area contributed by atoms with Crippen molar-refractivity contribution in [2.75, 3.05) is 12.3 Å². The van der Waals surface area contributed by atoms with E-state index in [9.17, 15) is 34.5 Å². The molecule has 3 amide bonds. The molecule has 0 heterocycles. The molecule has 5 unspecified atom stereocenters. The Morgan fingerprint density at radius 2 is 1.59 bits per heavy atom. The van der Waals surface area contributed by atoms with E-state index >= 15 is 0 Å². The zero-order valence-electron chi connectivity index (χ0n) is 20.3. The molecule has 0 aromatic heterocycles. The maximum absolute atomic E-state index is 13.1. The second kappa shape index (κ2) is 15.5. The second-order valence-corrected chi connectivity index (χ2v) is 8.66. The van der Waals surface area contributed by atoms with E-state index in [-0.39, 0.29) is 43.3 Å². The molecule has 15 heteroatoms. The van der Waals surface area contributed by atoms with Gasteiger partial charge in [0, 0.05) is 18.7 Å². The summed E-state index contributed by atoms with van der Waals surface area (Å²) in [6, 6.07) is 0.708. The van der Waals surface area contributed by atoms with E-state index in [4.69, 9.17) is 17.2 Å². The third-order valence-corrected chi connectivity index (χ3v) is 5.56. The van der Waals surface area contributed by atoms with Crippen LogP contribution in [0.15, 0.2) is 29.3 Å². The van der Waals surface area contributed by atoms with Gasteiger partial charge in [0.2, 0.25) is 17.7 Å². The maximum Gasteiger partial charge on any atom is 0.326 e. The predicted octanol–water partition coefficient (Wildman–Crippen LogP) is -2.83. The number of rotatable bonds is 15. The number of nitrogens with one attached hydrogen (secondary N) is 3. The largest absolute Gasteiger partial charge is 0.508 e. The zero-order chi connectivity index (χ0) is 28.1. The lowest BCUT2D eigenvalue weighted by Gasteiger charge is -2.26. The highest BCUT2D eigenvalue weighted by atomic mass is 32.1. The first kappa shape index (κ1) is 31.5. The quantitative estimate of drug-likeness (QED) is 0.0471. The molecular formula is C22H35N7O7S. The molecule has 12 N–H and O–H groups in total. The van der Waals surface area contributed by atoms with Crippen molar-refractivity contribution in [2.45, 2.75) is 56.5 Å². The van der Waals surface area contributed by atoms with Gasteiger partial charge >= 0.3 is 5.97 Å². The van der Waals surface area contributed by atoms with Gasteiger partial charge in [-0.1, -0.05) is 12.1 Å². The van der Waals surface area contributed by atoms with Crippen LogP contribution in [0.5, 0.6) is 5.75 Å². The standard InChI is InChI=1S/C22H35N7O7S/c1-11(30)17(29-18(32)14(23)10-37)20(34)28-16(9-12-4-6-13(31)7-5-12)19(33)27-15(21(35)36)3-2-8-26-22(24)25/h4-7,11,14-17,30-31,37H,2-3,8-10,23H2,1H3,(H,27,33)(H,28,34)(H,29,32)(H,35,36)(H4,24,25,26). The average molecular weight is 542 g/mol. The minimum absolute atomic E-state index is 0.00566. The van der Waals surface area contributed by atoms with Gasteiger partial charge in [-0.2, -0.15) is 12.6 Å². The Morgan fingerprint density at radius 3 is 2.11 bits per heavy atom. The number of carboxylic acid groups (broad SMARTS) is 1. The Bertz CT molecular complexity index is 955. The number of phenolic OH excluding ortho intramolecular Hbond substituents is 1. The van der Waals surface area contributed by atoms with E-state index in [1.807, 2.05) is 0 Å². The lowest BCUT2D eigenvalue weighted by Crippen LogP contribution is -2.60. The molecule has 14 nitrogen and oxygen atoms in total. The van der Waals surface area contributed by atoms with Crippen molar-refractivity contribution < 1.29 is 34.5 Å². The van der Waals surface area contributed by atoms with E-state index in [1.165, 1.54) is 31.2 Å². The number of aliphatic hydroxyl groups excluding tert-OH is 1. The van der Waals surface area contributed by atoms with Crippen LogP contribution >= 0.6 is 12.6 Å². The Kier molecular flexibility index (Phi) is 13.2. The van der Waals surface area contributed by atoms with Gasteiger partial charge in [-0.25, -0.2) is 4.79 Å². The number of aromatic hydroxyl groups is 1. The molecule has 0 aliphatic heterocycles. The number of carbonyl (C=O) groups excluding carboxylic acids is 3. The molecule has 0 saturated heterocycles. The molecule has 37 heavy (non-hydrogen) atoms. The molecule has 0 fully saturated rings. The fourth-order valence-corrected chi connectivity index (χ4v) is 3.29. The summed E-state index contributed by atoms with van der Waals surface area (Å²) >= 11 is 3.93. The number of amides is 3. The fraction of sp³-hybridized carbons (Fsp3) is 0.500. The predicted molar refractivity (Wildman–Crippen MR) is 139 cm³/mol. The monoisotopic (exact) mass is 541 g/mol. The minimum atomic E-state index is -1.46. The number of aliphatic imine (C=N–C) groups is 1. The average Bonchev–Trinajstić information content (AvgIpc) is 2.83. The third kappa shape index (κ3) is 11.4. The van der Waals surface area contributed by atoms with Gasteiger partial charge in [0.05, 0.1) is 12.1 Å². The van der Waals surface area contributed by atoms with E-state index in [2.05, 4.69) is 33.6 Å². The number of carboxylic acids is 1. The van der Waals surface area contributed by atoms with Crippen LogP contribution in [0.3, 0.4) is 0 Å². The highest BCUT2D eigenvalue weighted by Gasteiger charge is 2.32. The molecule has 0 bridgehead atoms. The molecule has 0 radical (unpaired) electrons. The first-order valence-electron chi connectivity index (χ1n) is 11.4. The number of nitrogens with two attached hydrogens (primary N) is 3. The first-order valence-corrected chi connectivity index (χ1v) is 12.0. The van der Waals surface area contributed by atoms with Crippen molar-refractivity contribution in [2.24, 2.45) is 22.2 Å². The Labute approximate surface area is 219 Å². The normalized spacial score (nSPS) is 14.8. The summed E-state index contributed by atoms with van der Waals surface area (Å²) in [6.07, 6.45) is -1.18. The van der Waals surface area contributed by atoms with Gasteiger partial charge in [-0.15, -0.1) is 0 Å². The van der Waals surface area contributed by atoms with Crippen LogP contribution in [0.4, 0.5) is 0 Å². The minimum Gasteiger partial charge on any atom is -0.508 e. The van der Waals surface area contributed by atoms with Crippen molar-refractivity contribution in [1.29, 1.82) is 0 Å². The summed E-state index contributed by atoms with van der Waals surface area (Å²) in [5.41, 5.74) is 16.6. The fourth-order valence-electron chi connectivity index (χ4n) is 3.12. The van der Waals surface area contributed by atoms with Crippen molar-refractivity contribution in [3.05, 3.63) is 29.8 Å². The van der Waals surface area contributed by atoms with Gasteiger partial charge in [0.15, 0.2) is 5.96 Å². The van der Waals surface area contributed by atoms with Gasteiger partial charge in [0.1, 0.15) is 23.9 Å². The number of aliphatic carboxylic acids is 1. The Balaban J connectivity index is 3.09. The van der Waals surface area contributed by atoms with Crippen LogP contribution in [0.1, 0.15) is 25.3 Å². The summed E-state index contributed by atoms with van der Waals surface area (Å²) in [4.78, 5) is 53.7. The Morgan fingerprint density at radius 1 is 1.00 bits per heavy atom. The van der Waals surface area contributed by atoms with Crippen molar-refractivity contribution in [3.8, 4) is 5.75 Å². The van der Waals surface area contributed by atoms with Gasteiger partial charge in [-0.05, 0) is 37.5 Å². The van der Waals surface area contributed by atoms with Gasteiger partial charge in [0.25, 0.3) is 0 Å². The van der Waals surface area contributed by atoms with Crippen LogP contribution in [0, 0.1) is 0 Å². The molecule has 0 saturated carbocycles. The number of aliphatic hydroxyl groups is 1. The number of carbonyl (C=O) groups is 4. The van der Waals surface area contributed by atoms with Crippen LogP contribution in [-0.4, -0.2) is 87.5 Å². The number of hydrogen-bond donors (Lipinski definition) is 10. The van der Waals surface area contributed by atoms with Crippen LogP contribution in [0.25, 0.3) is 0 Å². The van der Waals surface area contributed by atoms with Crippen LogP contribution < -0.4 is 33.2 Å². The number of thiol groups is 1. The summed E-state index contributed by atoms with van der Waals surface area (Å²) in [5.74, 6) is -3.93. The molecule has 1 rings (SSSR count). The topological polar surface area (TPSA) is 255 Å². The zero-order valence-corrected chi connectivity index (χ0v) is 21.2. The first-order chi connectivity index (χ1) is 17.3. The molecule has 1 aromatic carbocycles. The number of guanidine groups is 1. The molecule has 0 aliphatic carbocycles. The molecule has 206 valence electrons. The smallest absolute Gasteiger partial charge is 0.326 e. The number of nitrogens with zero attached hydrogens (tertiary/aromatic N) is 1. The lowest BCUT2D eigenvalue weighted by molar-refractivity contribution is -0.142. The van der Waals surface area contributed by atoms with Crippen LogP contribution in [0.2, 0.25) is 0 Å². The summed E-state index contributed by atoms with van der Waals surface area (Å²) in [6.45, 7) is 1.42. The van der Waals surface area contributed by atoms with Crippen LogP contribution in [-0.2, 0) is 25.6 Å². The third-order valence-electron chi connectivity index (χ3n) is 5.17. The highest BCUT2D eigenvalue weighted by molar-refractivity contribution is 7.80. The number of phenols is 1. The molecule has 0 aliphatic rings. The van der Waals surface area contributed by atoms with Crippen molar-refractivity contribution in [1.82, 2.24) is 16.0 Å². The van der Waals surface area contributed by atoms with Gasteiger partial charge in [-0.3, -0.25) is 19.4 Å². The summed E-state index contributed by atoms with van der Waals surface area (Å²) in [5, 5.41) is 36.3. The second-order valence-electron chi connectivity index (χ2n) is 8.30. The maximum atomic E-state index is 13.1. The summed E-state index contributed by atoms with van der Waals surface area (Å²) in [7, 11) is 0. The molecular weight excluding hydrogens is 506 g/mol. The van der Waals surface area contributed by atoms with E-state index in [0.717, 1.165) is 0 Å². The Hall–Kier alpha value is -3.56. The number of hydrogen-bond acceptors (Lipinski definition) is 9. The lowest BCUT2D eigenvalue weighted by atomic mass is 10.0. The van der Waals surface area contributed by atoms with Gasteiger partial charge < -0.3 is 48.5 Å². The molecule has 5 atom stereocenters. The summed E-state index contributed by atoms with van der Waals surface area (Å²) < 4.78 is 0. The van der Waals surface area contributed by atoms with E-state index < -0.39 is 54.0 Å². The highest BCUT2D eigenvalue weighted by Crippen LogP contribution is 2.12. The van der Waals surface area contributed by atoms with Crippen molar-refractivity contribution >= 4 is 42.3 Å². The molecule has 0 spiro atoms. The SMILES string of the molecule is CC(O)C(NC(=O)C(N)CS)C(=O)NC(Cc1ccc(O)cc1)C(=O)NC(CCCN=C(N)N)C(=O)O. The molecule has 1 aromatic rings. The van der Waals surface area contributed by atoms with E-state index in [0.29, 0.717) is 5.56 Å².